The first-order valence-electron chi connectivity index (χ1n) is 3.55. The van der Waals surface area contributed by atoms with Gasteiger partial charge in [-0.25, -0.2) is 0 Å². The maximum absolute atomic E-state index is 10.8. The fourth-order valence-corrected chi connectivity index (χ4v) is 0.758. The number of hydrogen-bond acceptors (Lipinski definition) is 1. The molecule has 0 heterocycles. The van der Waals surface area contributed by atoms with Gasteiger partial charge in [-0.3, -0.25) is 4.79 Å². The quantitative estimate of drug-likeness (QED) is 0.497. The molecule has 0 bridgehead atoms. The molecule has 0 rings (SSSR count). The van der Waals surface area contributed by atoms with E-state index in [0.29, 0.717) is 5.57 Å². The van der Waals surface area contributed by atoms with E-state index in [2.05, 4.69) is 13.2 Å². The zero-order chi connectivity index (χ0) is 9.56. The lowest BCUT2D eigenvalue weighted by Gasteiger charge is -1.97. The Kier molecular flexibility index (Phi) is 4.46. The van der Waals surface area contributed by atoms with Crippen LogP contribution in [0.5, 0.6) is 0 Å². The lowest BCUT2D eigenvalue weighted by Crippen LogP contribution is -2.13. The minimum Gasteiger partial charge on any atom is -0.366 e. The van der Waals surface area contributed by atoms with E-state index < -0.39 is 5.91 Å². The van der Waals surface area contributed by atoms with Crippen LogP contribution in [0.3, 0.4) is 0 Å². The molecular formula is C10H13NO. The molecule has 2 nitrogen and oxygen atoms in total. The second kappa shape index (κ2) is 5.13. The first kappa shape index (κ1) is 10.4. The van der Waals surface area contributed by atoms with Crippen LogP contribution in [0.15, 0.2) is 48.6 Å². The normalized spacial score (nSPS) is 12.4. The zero-order valence-corrected chi connectivity index (χ0v) is 7.21. The fraction of sp³-hybridized carbons (Fsp3) is 0.100. The van der Waals surface area contributed by atoms with Crippen molar-refractivity contribution in [1.29, 1.82) is 0 Å². The Balaban J connectivity index is 4.83. The highest BCUT2D eigenvalue weighted by Gasteiger charge is 2.01. The third kappa shape index (κ3) is 3.01. The van der Waals surface area contributed by atoms with Gasteiger partial charge >= 0.3 is 0 Å². The lowest BCUT2D eigenvalue weighted by atomic mass is 10.1. The summed E-state index contributed by atoms with van der Waals surface area (Å²) in [6.45, 7) is 8.80. The predicted octanol–water partition coefficient (Wildman–Crippen LogP) is 1.72. The summed E-state index contributed by atoms with van der Waals surface area (Å²) in [5.41, 5.74) is 6.32. The molecule has 2 heteroatoms. The molecule has 0 radical (unpaired) electrons. The van der Waals surface area contributed by atoms with Crippen molar-refractivity contribution in [3.63, 3.8) is 0 Å². The highest BCUT2D eigenvalue weighted by Crippen LogP contribution is 2.05. The molecule has 0 aliphatic rings. The van der Waals surface area contributed by atoms with Crippen LogP contribution in [-0.4, -0.2) is 5.91 Å². The Hall–Kier alpha value is -1.57. The van der Waals surface area contributed by atoms with Gasteiger partial charge in [-0.2, -0.15) is 0 Å². The van der Waals surface area contributed by atoms with Crippen LogP contribution in [0.4, 0.5) is 0 Å². The van der Waals surface area contributed by atoms with Crippen LogP contribution in [-0.2, 0) is 4.79 Å². The van der Waals surface area contributed by atoms with E-state index in [1.54, 1.807) is 25.2 Å². The molecule has 0 unspecified atom stereocenters. The molecule has 0 aliphatic heterocycles. The molecule has 0 aromatic heterocycles. The summed E-state index contributed by atoms with van der Waals surface area (Å²) < 4.78 is 0. The standard InChI is InChI=1S/C10H13NO/c1-4-6-7-8(3)9(5-2)10(11)12/h4-7H,1-2H2,3H3,(H2,11,12)/b7-6-,9-8+. The molecule has 0 atom stereocenters. The van der Waals surface area contributed by atoms with Crippen LogP contribution in [0.25, 0.3) is 0 Å². The molecule has 0 saturated carbocycles. The number of carbonyl (C=O) groups is 1. The van der Waals surface area contributed by atoms with Gasteiger partial charge in [0.25, 0.3) is 0 Å². The molecule has 0 fully saturated rings. The third-order valence-corrected chi connectivity index (χ3v) is 1.38. The Labute approximate surface area is 72.8 Å². The summed E-state index contributed by atoms with van der Waals surface area (Å²) >= 11 is 0. The SMILES string of the molecule is C=C/C=C\C(C)=C(/C=C)C(N)=O. The van der Waals surface area contributed by atoms with Gasteiger partial charge in [0.1, 0.15) is 0 Å². The highest BCUT2D eigenvalue weighted by atomic mass is 16.1. The molecule has 2 N–H and O–H groups in total. The van der Waals surface area contributed by atoms with Crippen LogP contribution in [0, 0.1) is 0 Å². The maximum Gasteiger partial charge on any atom is 0.248 e. The summed E-state index contributed by atoms with van der Waals surface area (Å²) in [5.74, 6) is -0.462. The van der Waals surface area contributed by atoms with Crippen LogP contribution < -0.4 is 5.73 Å². The third-order valence-electron chi connectivity index (χ3n) is 1.38. The number of hydrogen-bond donors (Lipinski definition) is 1. The van der Waals surface area contributed by atoms with E-state index >= 15 is 0 Å². The van der Waals surface area contributed by atoms with Gasteiger partial charge in [0, 0.05) is 5.57 Å². The largest absolute Gasteiger partial charge is 0.366 e. The molecule has 0 aromatic carbocycles. The Morgan fingerprint density at radius 1 is 1.42 bits per heavy atom. The topological polar surface area (TPSA) is 43.1 Å². The van der Waals surface area contributed by atoms with Gasteiger partial charge < -0.3 is 5.73 Å². The monoisotopic (exact) mass is 163 g/mol. The average Bonchev–Trinajstić information content (AvgIpc) is 2.01. The molecule has 0 aromatic rings. The van der Waals surface area contributed by atoms with E-state index in [0.717, 1.165) is 5.57 Å². The first-order chi connectivity index (χ1) is 5.63. The van der Waals surface area contributed by atoms with E-state index in [1.165, 1.54) is 6.08 Å². The van der Waals surface area contributed by atoms with Crippen LogP contribution in [0.2, 0.25) is 0 Å². The highest BCUT2D eigenvalue weighted by molar-refractivity contribution is 5.95. The lowest BCUT2D eigenvalue weighted by molar-refractivity contribution is -0.114. The molecule has 64 valence electrons. The predicted molar refractivity (Wildman–Crippen MR) is 51.4 cm³/mol. The zero-order valence-electron chi connectivity index (χ0n) is 7.21. The van der Waals surface area contributed by atoms with Gasteiger partial charge in [-0.1, -0.05) is 37.5 Å². The Morgan fingerprint density at radius 3 is 2.33 bits per heavy atom. The van der Waals surface area contributed by atoms with E-state index in [1.807, 2.05) is 0 Å². The van der Waals surface area contributed by atoms with Gasteiger partial charge in [-0.15, -0.1) is 0 Å². The van der Waals surface area contributed by atoms with E-state index in [-0.39, 0.29) is 0 Å². The summed E-state index contributed by atoms with van der Waals surface area (Å²) in [5, 5.41) is 0. The van der Waals surface area contributed by atoms with Crippen molar-refractivity contribution in [2.24, 2.45) is 5.73 Å². The summed E-state index contributed by atoms with van der Waals surface area (Å²) in [6, 6.07) is 0. The number of amides is 1. The average molecular weight is 163 g/mol. The van der Waals surface area contributed by atoms with Crippen LogP contribution in [0.1, 0.15) is 6.92 Å². The van der Waals surface area contributed by atoms with E-state index in [4.69, 9.17) is 5.73 Å². The summed E-state index contributed by atoms with van der Waals surface area (Å²) in [4.78, 5) is 10.8. The Morgan fingerprint density at radius 2 is 2.00 bits per heavy atom. The second-order valence-electron chi connectivity index (χ2n) is 2.26. The van der Waals surface area contributed by atoms with Crippen molar-refractivity contribution in [1.82, 2.24) is 0 Å². The number of carbonyl (C=O) groups excluding carboxylic acids is 1. The molecule has 0 spiro atoms. The van der Waals surface area contributed by atoms with Gasteiger partial charge in [0.2, 0.25) is 5.91 Å². The van der Waals surface area contributed by atoms with E-state index in [9.17, 15) is 4.79 Å². The van der Waals surface area contributed by atoms with Crippen LogP contribution >= 0.6 is 0 Å². The molecule has 0 saturated heterocycles. The Bertz CT molecular complexity index is 259. The van der Waals surface area contributed by atoms with Crippen molar-refractivity contribution in [2.45, 2.75) is 6.92 Å². The molecule has 0 aliphatic carbocycles. The van der Waals surface area contributed by atoms with Crippen molar-refractivity contribution >= 4 is 5.91 Å². The second-order valence-corrected chi connectivity index (χ2v) is 2.26. The summed E-state index contributed by atoms with van der Waals surface area (Å²) in [7, 11) is 0. The number of nitrogens with two attached hydrogens (primary N) is 1. The van der Waals surface area contributed by atoms with Crippen molar-refractivity contribution in [3.05, 3.63) is 48.6 Å². The van der Waals surface area contributed by atoms with Crippen molar-refractivity contribution in [2.75, 3.05) is 0 Å². The molecule has 12 heavy (non-hydrogen) atoms. The smallest absolute Gasteiger partial charge is 0.248 e. The molecular weight excluding hydrogens is 150 g/mol. The minimum absolute atomic E-state index is 0.438. The number of primary amides is 1. The van der Waals surface area contributed by atoms with Gasteiger partial charge in [-0.05, 0) is 12.5 Å². The van der Waals surface area contributed by atoms with Crippen molar-refractivity contribution < 1.29 is 4.79 Å². The summed E-state index contributed by atoms with van der Waals surface area (Å²) in [6.07, 6.45) is 6.58. The molecule has 1 amide bonds. The minimum atomic E-state index is -0.462. The maximum atomic E-state index is 10.8. The number of allylic oxidation sites excluding steroid dienone is 4. The van der Waals surface area contributed by atoms with Crippen molar-refractivity contribution in [3.8, 4) is 0 Å². The van der Waals surface area contributed by atoms with Gasteiger partial charge in [0.15, 0.2) is 0 Å². The fourth-order valence-electron chi connectivity index (χ4n) is 0.758. The number of rotatable bonds is 4. The first-order valence-corrected chi connectivity index (χ1v) is 3.55. The van der Waals surface area contributed by atoms with Gasteiger partial charge in [0.05, 0.1) is 0 Å².